The fourth-order valence-corrected chi connectivity index (χ4v) is 3.06. The van der Waals surface area contributed by atoms with Gasteiger partial charge < -0.3 is 15.2 Å². The zero-order valence-corrected chi connectivity index (χ0v) is 16.1. The van der Waals surface area contributed by atoms with E-state index in [1.165, 1.54) is 17.2 Å². The first-order valence-corrected chi connectivity index (χ1v) is 8.95. The summed E-state index contributed by atoms with van der Waals surface area (Å²) in [5.74, 6) is -0.826. The Morgan fingerprint density at radius 1 is 1.37 bits per heavy atom. The molecule has 1 aromatic carbocycles. The number of cyclic esters (lactones) is 1. The molecule has 27 heavy (non-hydrogen) atoms. The SMILES string of the molecule is C[C@H](Nc1nccc(N2C(=O)OCC2[C@@H](C)O)n1)c1cc(F)c(Br)cc1F. The van der Waals surface area contributed by atoms with Crippen molar-refractivity contribution in [1.29, 1.82) is 0 Å². The van der Waals surface area contributed by atoms with Crippen LogP contribution in [0.2, 0.25) is 0 Å². The largest absolute Gasteiger partial charge is 0.447 e. The second-order valence-electron chi connectivity index (χ2n) is 6.15. The Labute approximate surface area is 162 Å². The second kappa shape index (κ2) is 7.73. The van der Waals surface area contributed by atoms with Crippen LogP contribution in [-0.4, -0.2) is 39.9 Å². The number of benzene rings is 1. The summed E-state index contributed by atoms with van der Waals surface area (Å²) in [6.45, 7) is 3.22. The molecule has 1 aliphatic heterocycles. The van der Waals surface area contributed by atoms with Gasteiger partial charge in [0, 0.05) is 11.8 Å². The molecule has 2 heterocycles. The Kier molecular flexibility index (Phi) is 5.56. The van der Waals surface area contributed by atoms with E-state index in [0.717, 1.165) is 12.1 Å². The smallest absolute Gasteiger partial charge is 0.416 e. The van der Waals surface area contributed by atoms with E-state index in [4.69, 9.17) is 4.74 Å². The zero-order chi connectivity index (χ0) is 19.7. The highest BCUT2D eigenvalue weighted by Gasteiger charge is 2.38. The lowest BCUT2D eigenvalue weighted by Crippen LogP contribution is -2.41. The molecule has 2 aromatic rings. The first-order chi connectivity index (χ1) is 12.8. The number of anilines is 2. The number of ether oxygens (including phenoxy) is 1. The van der Waals surface area contributed by atoms with Crippen molar-refractivity contribution in [3.63, 3.8) is 0 Å². The molecule has 0 radical (unpaired) electrons. The van der Waals surface area contributed by atoms with Gasteiger partial charge in [-0.2, -0.15) is 4.98 Å². The molecule has 10 heteroatoms. The highest BCUT2D eigenvalue weighted by molar-refractivity contribution is 9.10. The van der Waals surface area contributed by atoms with E-state index < -0.39 is 35.9 Å². The van der Waals surface area contributed by atoms with Crippen molar-refractivity contribution in [3.05, 3.63) is 46.1 Å². The number of aliphatic hydroxyl groups is 1. The number of nitrogens with one attached hydrogen (secondary N) is 1. The number of carbonyl (C=O) groups is 1. The quantitative estimate of drug-likeness (QED) is 0.689. The topological polar surface area (TPSA) is 87.6 Å². The van der Waals surface area contributed by atoms with E-state index in [-0.39, 0.29) is 28.4 Å². The number of nitrogens with zero attached hydrogens (tertiary/aromatic N) is 3. The summed E-state index contributed by atoms with van der Waals surface area (Å²) in [7, 11) is 0. The standard InChI is InChI=1S/C17H17BrF2N4O3/c1-8(10-5-13(20)11(18)6-12(10)19)22-16-21-4-3-15(23-16)24-14(9(2)25)7-27-17(24)26/h3-6,8-9,14,25H,7H2,1-2H3,(H,21,22,23)/t8-,9+,14?/m0/s1. The second-order valence-corrected chi connectivity index (χ2v) is 7.00. The molecule has 1 unspecified atom stereocenters. The maximum atomic E-state index is 14.1. The number of carbonyl (C=O) groups excluding carboxylic acids is 1. The molecule has 3 atom stereocenters. The van der Waals surface area contributed by atoms with Crippen LogP contribution in [0, 0.1) is 11.6 Å². The van der Waals surface area contributed by atoms with Crippen molar-refractivity contribution < 1.29 is 23.4 Å². The molecule has 7 nitrogen and oxygen atoms in total. The zero-order valence-electron chi connectivity index (χ0n) is 14.5. The Bertz CT molecular complexity index is 868. The van der Waals surface area contributed by atoms with Crippen LogP contribution in [0.4, 0.5) is 25.3 Å². The van der Waals surface area contributed by atoms with Crippen molar-refractivity contribution in [3.8, 4) is 0 Å². The van der Waals surface area contributed by atoms with Gasteiger partial charge in [0.15, 0.2) is 0 Å². The molecule has 1 saturated heterocycles. The van der Waals surface area contributed by atoms with Crippen LogP contribution in [0.5, 0.6) is 0 Å². The van der Waals surface area contributed by atoms with Crippen molar-refractivity contribution >= 4 is 33.8 Å². The summed E-state index contributed by atoms with van der Waals surface area (Å²) >= 11 is 2.94. The lowest BCUT2D eigenvalue weighted by molar-refractivity contribution is 0.142. The molecule has 3 rings (SSSR count). The predicted molar refractivity (Wildman–Crippen MR) is 97.4 cm³/mol. The number of hydrogen-bond donors (Lipinski definition) is 2. The van der Waals surface area contributed by atoms with Gasteiger partial charge in [0.2, 0.25) is 5.95 Å². The summed E-state index contributed by atoms with van der Waals surface area (Å²) in [4.78, 5) is 21.5. The maximum Gasteiger partial charge on any atom is 0.416 e. The molecular weight excluding hydrogens is 426 g/mol. The summed E-state index contributed by atoms with van der Waals surface area (Å²) in [5, 5.41) is 12.7. The van der Waals surface area contributed by atoms with Gasteiger partial charge in [-0.15, -0.1) is 0 Å². The summed E-state index contributed by atoms with van der Waals surface area (Å²) in [6.07, 6.45) is -0.0261. The van der Waals surface area contributed by atoms with Crippen LogP contribution < -0.4 is 10.2 Å². The van der Waals surface area contributed by atoms with E-state index in [0.29, 0.717) is 0 Å². The first kappa shape index (κ1) is 19.4. The third-order valence-electron chi connectivity index (χ3n) is 4.20. The number of amides is 1. The average molecular weight is 443 g/mol. The normalized spacial score (nSPS) is 19.0. The minimum absolute atomic E-state index is 0.0332. The van der Waals surface area contributed by atoms with Crippen LogP contribution in [0.15, 0.2) is 28.9 Å². The lowest BCUT2D eigenvalue weighted by Gasteiger charge is -2.23. The fraction of sp³-hybridized carbons (Fsp3) is 0.353. The van der Waals surface area contributed by atoms with Gasteiger partial charge in [0.1, 0.15) is 30.1 Å². The highest BCUT2D eigenvalue weighted by Crippen LogP contribution is 2.27. The van der Waals surface area contributed by atoms with Crippen LogP contribution >= 0.6 is 15.9 Å². The van der Waals surface area contributed by atoms with Gasteiger partial charge in [-0.05, 0) is 48.0 Å². The molecule has 2 N–H and O–H groups in total. The summed E-state index contributed by atoms with van der Waals surface area (Å²) in [5.41, 5.74) is 0.104. The van der Waals surface area contributed by atoms with Crippen molar-refractivity contribution in [2.24, 2.45) is 0 Å². The van der Waals surface area contributed by atoms with Gasteiger partial charge >= 0.3 is 6.09 Å². The third kappa shape index (κ3) is 4.01. The minimum Gasteiger partial charge on any atom is -0.447 e. The number of hydrogen-bond acceptors (Lipinski definition) is 6. The first-order valence-electron chi connectivity index (χ1n) is 8.16. The van der Waals surface area contributed by atoms with Crippen LogP contribution in [0.1, 0.15) is 25.5 Å². The Morgan fingerprint density at radius 3 is 2.81 bits per heavy atom. The van der Waals surface area contributed by atoms with E-state index in [1.54, 1.807) is 13.8 Å². The summed E-state index contributed by atoms with van der Waals surface area (Å²) in [6, 6.07) is 2.42. The van der Waals surface area contributed by atoms with E-state index in [1.807, 2.05) is 0 Å². The molecule has 0 bridgehead atoms. The molecule has 0 aliphatic carbocycles. The van der Waals surface area contributed by atoms with Crippen LogP contribution in [0.3, 0.4) is 0 Å². The van der Waals surface area contributed by atoms with Crippen molar-refractivity contribution in [2.45, 2.75) is 32.0 Å². The van der Waals surface area contributed by atoms with Crippen molar-refractivity contribution in [1.82, 2.24) is 9.97 Å². The number of aromatic nitrogens is 2. The molecule has 0 saturated carbocycles. The molecule has 0 spiro atoms. The average Bonchev–Trinajstić information content (AvgIpc) is 3.00. The lowest BCUT2D eigenvalue weighted by atomic mass is 10.1. The Morgan fingerprint density at radius 2 is 2.11 bits per heavy atom. The molecule has 1 amide bonds. The van der Waals surface area contributed by atoms with Gasteiger partial charge in [0.05, 0.1) is 16.6 Å². The Hall–Kier alpha value is -2.33. The minimum atomic E-state index is -0.818. The van der Waals surface area contributed by atoms with Gasteiger partial charge in [0.25, 0.3) is 0 Å². The van der Waals surface area contributed by atoms with Crippen LogP contribution in [-0.2, 0) is 4.74 Å². The van der Waals surface area contributed by atoms with E-state index in [9.17, 15) is 18.7 Å². The van der Waals surface area contributed by atoms with E-state index >= 15 is 0 Å². The number of rotatable bonds is 5. The number of halogens is 3. The highest BCUT2D eigenvalue weighted by atomic mass is 79.9. The fourth-order valence-electron chi connectivity index (χ4n) is 2.75. The van der Waals surface area contributed by atoms with Gasteiger partial charge in [-0.25, -0.2) is 18.6 Å². The Balaban J connectivity index is 1.84. The van der Waals surface area contributed by atoms with Gasteiger partial charge in [-0.1, -0.05) is 0 Å². The maximum absolute atomic E-state index is 14.1. The molecular formula is C17H17BrF2N4O3. The monoisotopic (exact) mass is 442 g/mol. The number of aliphatic hydroxyl groups excluding tert-OH is 1. The van der Waals surface area contributed by atoms with Crippen molar-refractivity contribution in [2.75, 3.05) is 16.8 Å². The predicted octanol–water partition coefficient (Wildman–Crippen LogP) is 3.40. The third-order valence-corrected chi connectivity index (χ3v) is 4.81. The summed E-state index contributed by atoms with van der Waals surface area (Å²) < 4.78 is 32.9. The van der Waals surface area contributed by atoms with Gasteiger partial charge in [-0.3, -0.25) is 4.90 Å². The molecule has 1 aliphatic rings. The van der Waals surface area contributed by atoms with Crippen LogP contribution in [0.25, 0.3) is 0 Å². The molecule has 1 fully saturated rings. The molecule has 1 aromatic heterocycles. The van der Waals surface area contributed by atoms with E-state index in [2.05, 4.69) is 31.2 Å². The molecule has 144 valence electrons.